The second-order valence-corrected chi connectivity index (χ2v) is 5.16. The fraction of sp³-hybridized carbons (Fsp3) is 0.545. The molecule has 0 radical (unpaired) electrons. The van der Waals surface area contributed by atoms with Gasteiger partial charge in [-0.05, 0) is 41.1 Å². The normalized spacial score (nSPS) is 21.5. The van der Waals surface area contributed by atoms with Gasteiger partial charge in [-0.2, -0.15) is 0 Å². The highest BCUT2D eigenvalue weighted by Gasteiger charge is 2.22. The van der Waals surface area contributed by atoms with E-state index in [1.807, 2.05) is 19.2 Å². The standard InChI is InChI=1S/C11H15IN2O2/c1-14-7-8(2-5-11(14)15)13-6-9-3-4-10(12)16-9/h3-4,8,13H,2,5-7H2,1H3. The number of nitrogens with one attached hydrogen (secondary N) is 1. The van der Waals surface area contributed by atoms with Gasteiger partial charge in [0.15, 0.2) is 3.77 Å². The van der Waals surface area contributed by atoms with E-state index >= 15 is 0 Å². The predicted octanol–water partition coefficient (Wildman–Crippen LogP) is 1.59. The van der Waals surface area contributed by atoms with Crippen molar-refractivity contribution in [3.05, 3.63) is 21.7 Å². The predicted molar refractivity (Wildman–Crippen MR) is 68.9 cm³/mol. The van der Waals surface area contributed by atoms with Gasteiger partial charge < -0.3 is 14.6 Å². The minimum absolute atomic E-state index is 0.241. The van der Waals surface area contributed by atoms with Crippen LogP contribution in [0.5, 0.6) is 0 Å². The molecule has 1 aromatic heterocycles. The molecule has 5 heteroatoms. The lowest BCUT2D eigenvalue weighted by Crippen LogP contribution is -2.46. The molecule has 0 bridgehead atoms. The first-order valence-corrected chi connectivity index (χ1v) is 6.44. The summed E-state index contributed by atoms with van der Waals surface area (Å²) in [5.74, 6) is 1.19. The number of carbonyl (C=O) groups is 1. The molecule has 1 N–H and O–H groups in total. The molecule has 1 saturated heterocycles. The molecule has 1 atom stereocenters. The average molecular weight is 334 g/mol. The van der Waals surface area contributed by atoms with Gasteiger partial charge in [0, 0.05) is 26.1 Å². The Labute approximate surface area is 109 Å². The van der Waals surface area contributed by atoms with Crippen LogP contribution in [-0.2, 0) is 11.3 Å². The van der Waals surface area contributed by atoms with Crippen LogP contribution in [0.15, 0.2) is 16.5 Å². The number of halogens is 1. The molecule has 1 unspecified atom stereocenters. The van der Waals surface area contributed by atoms with Crippen LogP contribution in [0.1, 0.15) is 18.6 Å². The van der Waals surface area contributed by atoms with Crippen LogP contribution in [0.25, 0.3) is 0 Å². The zero-order valence-electron chi connectivity index (χ0n) is 9.20. The van der Waals surface area contributed by atoms with Gasteiger partial charge in [-0.3, -0.25) is 4.79 Å². The number of likely N-dealkylation sites (N-methyl/N-ethyl adjacent to an activating group) is 1. The maximum atomic E-state index is 11.3. The molecule has 1 amide bonds. The van der Waals surface area contributed by atoms with E-state index in [0.29, 0.717) is 12.5 Å². The van der Waals surface area contributed by atoms with Gasteiger partial charge in [-0.15, -0.1) is 0 Å². The Balaban J connectivity index is 1.80. The summed E-state index contributed by atoms with van der Waals surface area (Å²) in [5.41, 5.74) is 0. The third kappa shape index (κ3) is 2.98. The van der Waals surface area contributed by atoms with Crippen LogP contribution < -0.4 is 5.32 Å². The van der Waals surface area contributed by atoms with E-state index in [9.17, 15) is 4.79 Å². The van der Waals surface area contributed by atoms with Crippen LogP contribution in [0, 0.1) is 3.77 Å². The first kappa shape index (κ1) is 11.9. The van der Waals surface area contributed by atoms with E-state index in [1.165, 1.54) is 0 Å². The lowest BCUT2D eigenvalue weighted by atomic mass is 10.1. The van der Waals surface area contributed by atoms with Crippen LogP contribution in [0.4, 0.5) is 0 Å². The molecule has 4 nitrogen and oxygen atoms in total. The summed E-state index contributed by atoms with van der Waals surface area (Å²) < 4.78 is 6.37. The molecule has 16 heavy (non-hydrogen) atoms. The number of piperidine rings is 1. The van der Waals surface area contributed by atoms with Crippen molar-refractivity contribution >= 4 is 28.5 Å². The van der Waals surface area contributed by atoms with Gasteiger partial charge in [0.05, 0.1) is 6.54 Å². The van der Waals surface area contributed by atoms with Crippen molar-refractivity contribution in [1.82, 2.24) is 10.2 Å². The Hall–Kier alpha value is -0.560. The Morgan fingerprint density at radius 2 is 2.44 bits per heavy atom. The number of furan rings is 1. The molecule has 1 fully saturated rings. The largest absolute Gasteiger partial charge is 0.454 e. The number of rotatable bonds is 3. The monoisotopic (exact) mass is 334 g/mol. The van der Waals surface area contributed by atoms with Crippen molar-refractivity contribution in [3.63, 3.8) is 0 Å². The Bertz CT molecular complexity index is 378. The van der Waals surface area contributed by atoms with Crippen molar-refractivity contribution < 1.29 is 9.21 Å². The molecule has 2 rings (SSSR count). The van der Waals surface area contributed by atoms with Crippen LogP contribution in [0.3, 0.4) is 0 Å². The van der Waals surface area contributed by atoms with E-state index in [0.717, 1.165) is 29.0 Å². The molecule has 0 aromatic carbocycles. The maximum absolute atomic E-state index is 11.3. The van der Waals surface area contributed by atoms with Gasteiger partial charge in [0.2, 0.25) is 5.91 Å². The summed E-state index contributed by atoms with van der Waals surface area (Å²) >= 11 is 2.15. The van der Waals surface area contributed by atoms with Crippen molar-refractivity contribution in [1.29, 1.82) is 0 Å². The Morgan fingerprint density at radius 3 is 3.06 bits per heavy atom. The number of amides is 1. The maximum Gasteiger partial charge on any atom is 0.222 e. The molecular weight excluding hydrogens is 319 g/mol. The molecule has 2 heterocycles. The van der Waals surface area contributed by atoms with E-state index in [1.54, 1.807) is 4.90 Å². The van der Waals surface area contributed by atoms with Crippen LogP contribution >= 0.6 is 22.6 Å². The summed E-state index contributed by atoms with van der Waals surface area (Å²) in [4.78, 5) is 13.1. The quantitative estimate of drug-likeness (QED) is 0.854. The summed E-state index contributed by atoms with van der Waals surface area (Å²) in [6.45, 7) is 1.52. The highest BCUT2D eigenvalue weighted by Crippen LogP contribution is 2.12. The first-order chi connectivity index (χ1) is 7.65. The second-order valence-electron chi connectivity index (χ2n) is 4.10. The van der Waals surface area contributed by atoms with Crippen LogP contribution in [0.2, 0.25) is 0 Å². The van der Waals surface area contributed by atoms with E-state index in [4.69, 9.17) is 4.42 Å². The molecule has 0 saturated carbocycles. The number of hydrogen-bond acceptors (Lipinski definition) is 3. The molecule has 1 aliphatic rings. The minimum Gasteiger partial charge on any atom is -0.454 e. The van der Waals surface area contributed by atoms with E-state index in [-0.39, 0.29) is 5.91 Å². The lowest BCUT2D eigenvalue weighted by molar-refractivity contribution is -0.132. The topological polar surface area (TPSA) is 45.5 Å². The highest BCUT2D eigenvalue weighted by molar-refractivity contribution is 14.1. The Morgan fingerprint density at radius 1 is 1.62 bits per heavy atom. The van der Waals surface area contributed by atoms with Crippen molar-refractivity contribution in [2.75, 3.05) is 13.6 Å². The summed E-state index contributed by atoms with van der Waals surface area (Å²) in [7, 11) is 1.85. The second kappa shape index (κ2) is 5.18. The average Bonchev–Trinajstić information content (AvgIpc) is 2.66. The fourth-order valence-electron chi connectivity index (χ4n) is 1.87. The lowest BCUT2D eigenvalue weighted by Gasteiger charge is -2.30. The van der Waals surface area contributed by atoms with Gasteiger partial charge in [0.25, 0.3) is 0 Å². The van der Waals surface area contributed by atoms with Crippen molar-refractivity contribution in [2.24, 2.45) is 0 Å². The van der Waals surface area contributed by atoms with E-state index in [2.05, 4.69) is 27.9 Å². The number of hydrogen-bond donors (Lipinski definition) is 1. The number of likely N-dealkylation sites (tertiary alicyclic amines) is 1. The molecule has 88 valence electrons. The van der Waals surface area contributed by atoms with Crippen molar-refractivity contribution in [3.8, 4) is 0 Å². The summed E-state index contributed by atoms with van der Waals surface area (Å²) in [6.07, 6.45) is 1.56. The van der Waals surface area contributed by atoms with Gasteiger partial charge >= 0.3 is 0 Å². The summed E-state index contributed by atoms with van der Waals surface area (Å²) in [6, 6.07) is 4.31. The SMILES string of the molecule is CN1CC(NCc2ccc(I)o2)CCC1=O. The van der Waals surface area contributed by atoms with Gasteiger partial charge in [0.1, 0.15) is 5.76 Å². The minimum atomic E-state index is 0.241. The smallest absolute Gasteiger partial charge is 0.222 e. The van der Waals surface area contributed by atoms with Crippen molar-refractivity contribution in [2.45, 2.75) is 25.4 Å². The summed E-state index contributed by atoms with van der Waals surface area (Å²) in [5, 5.41) is 3.41. The van der Waals surface area contributed by atoms with Gasteiger partial charge in [-0.1, -0.05) is 0 Å². The molecular formula is C11H15IN2O2. The van der Waals surface area contributed by atoms with E-state index < -0.39 is 0 Å². The van der Waals surface area contributed by atoms with Crippen LogP contribution in [-0.4, -0.2) is 30.4 Å². The Kier molecular flexibility index (Phi) is 3.86. The molecule has 1 aromatic rings. The number of carbonyl (C=O) groups excluding carboxylic acids is 1. The zero-order valence-corrected chi connectivity index (χ0v) is 11.4. The molecule has 1 aliphatic heterocycles. The third-order valence-electron chi connectivity index (χ3n) is 2.82. The van der Waals surface area contributed by atoms with Gasteiger partial charge in [-0.25, -0.2) is 0 Å². The molecule has 0 aliphatic carbocycles. The zero-order chi connectivity index (χ0) is 11.5. The highest BCUT2D eigenvalue weighted by atomic mass is 127. The molecule has 0 spiro atoms. The fourth-order valence-corrected chi connectivity index (χ4v) is 2.33. The first-order valence-electron chi connectivity index (χ1n) is 5.36. The third-order valence-corrected chi connectivity index (χ3v) is 3.40. The number of nitrogens with zero attached hydrogens (tertiary/aromatic N) is 1.